The molecule has 2 aromatic heterocycles. The van der Waals surface area contributed by atoms with Crippen LogP contribution in [0.15, 0.2) is 9.59 Å². The molecule has 0 spiro atoms. The Labute approximate surface area is 122 Å². The molecule has 1 fully saturated rings. The average Bonchev–Trinajstić information content (AvgIpc) is 2.84. The molecule has 0 radical (unpaired) electrons. The molecule has 114 valence electrons. The van der Waals surface area contributed by atoms with Gasteiger partial charge < -0.3 is 9.88 Å². The third-order valence-corrected chi connectivity index (χ3v) is 4.42. The van der Waals surface area contributed by atoms with Crippen LogP contribution in [0.2, 0.25) is 0 Å². The number of rotatable bonds is 2. The summed E-state index contributed by atoms with van der Waals surface area (Å²) < 4.78 is 4.61. The summed E-state index contributed by atoms with van der Waals surface area (Å²) in [5, 5.41) is 3.33. The van der Waals surface area contributed by atoms with E-state index >= 15 is 0 Å². The maximum atomic E-state index is 12.5. The molecule has 0 aromatic carbocycles. The van der Waals surface area contributed by atoms with Crippen LogP contribution >= 0.6 is 0 Å². The number of aromatic nitrogens is 4. The third-order valence-electron chi connectivity index (χ3n) is 4.42. The average molecular weight is 291 g/mol. The van der Waals surface area contributed by atoms with Crippen LogP contribution in [0.3, 0.4) is 0 Å². The van der Waals surface area contributed by atoms with Crippen LogP contribution in [0.1, 0.15) is 31.5 Å². The Bertz CT molecular complexity index is 792. The molecule has 3 rings (SSSR count). The summed E-state index contributed by atoms with van der Waals surface area (Å²) in [4.78, 5) is 29.3. The Balaban J connectivity index is 2.29. The summed E-state index contributed by atoms with van der Waals surface area (Å²) in [6.45, 7) is 4.10. The molecular weight excluding hydrogens is 270 g/mol. The van der Waals surface area contributed by atoms with Crippen molar-refractivity contribution in [1.82, 2.24) is 24.0 Å². The summed E-state index contributed by atoms with van der Waals surface area (Å²) in [5.74, 6) is 1.25. The number of nitrogens with one attached hydrogen (secondary N) is 1. The van der Waals surface area contributed by atoms with Gasteiger partial charge in [-0.25, -0.2) is 9.78 Å². The zero-order valence-corrected chi connectivity index (χ0v) is 12.7. The zero-order valence-electron chi connectivity index (χ0n) is 12.7. The minimum Gasteiger partial charge on any atom is -0.325 e. The highest BCUT2D eigenvalue weighted by Crippen LogP contribution is 2.25. The van der Waals surface area contributed by atoms with Crippen molar-refractivity contribution in [1.29, 1.82) is 0 Å². The minimum atomic E-state index is -0.301. The minimum absolute atomic E-state index is 0.245. The molecule has 0 atom stereocenters. The van der Waals surface area contributed by atoms with Crippen molar-refractivity contribution in [3.63, 3.8) is 0 Å². The van der Waals surface area contributed by atoms with Crippen LogP contribution in [0.25, 0.3) is 11.2 Å². The van der Waals surface area contributed by atoms with Crippen molar-refractivity contribution in [2.45, 2.75) is 32.2 Å². The van der Waals surface area contributed by atoms with Gasteiger partial charge in [0.1, 0.15) is 5.82 Å². The van der Waals surface area contributed by atoms with E-state index in [0.717, 1.165) is 31.8 Å². The number of hydrogen-bond acceptors (Lipinski definition) is 4. The predicted octanol–water partition coefficient (Wildman–Crippen LogP) is -0.0794. The second kappa shape index (κ2) is 5.14. The summed E-state index contributed by atoms with van der Waals surface area (Å²) >= 11 is 0. The maximum absolute atomic E-state index is 12.5. The summed E-state index contributed by atoms with van der Waals surface area (Å²) in [6, 6.07) is 0. The number of imidazole rings is 1. The van der Waals surface area contributed by atoms with E-state index in [4.69, 9.17) is 0 Å². The summed E-state index contributed by atoms with van der Waals surface area (Å²) in [6.07, 6.45) is 2.01. The van der Waals surface area contributed by atoms with Gasteiger partial charge >= 0.3 is 5.69 Å². The first-order valence-electron chi connectivity index (χ1n) is 7.43. The highest BCUT2D eigenvalue weighted by atomic mass is 16.2. The first-order valence-corrected chi connectivity index (χ1v) is 7.43. The van der Waals surface area contributed by atoms with Crippen LogP contribution in [0, 0.1) is 0 Å². The molecule has 7 nitrogen and oxygen atoms in total. The van der Waals surface area contributed by atoms with Crippen LogP contribution < -0.4 is 16.6 Å². The number of nitrogens with zero attached hydrogens (tertiary/aromatic N) is 4. The Hall–Kier alpha value is -1.89. The number of aryl methyl sites for hydroxylation is 2. The van der Waals surface area contributed by atoms with Gasteiger partial charge in [0.2, 0.25) is 0 Å². The molecule has 1 N–H and O–H groups in total. The van der Waals surface area contributed by atoms with Crippen molar-refractivity contribution in [2.24, 2.45) is 14.1 Å². The Morgan fingerprint density at radius 2 is 1.86 bits per heavy atom. The second-order valence-corrected chi connectivity index (χ2v) is 5.62. The lowest BCUT2D eigenvalue weighted by Crippen LogP contribution is -2.39. The number of piperidine rings is 1. The normalized spacial score (nSPS) is 16.7. The van der Waals surface area contributed by atoms with E-state index in [1.54, 1.807) is 14.0 Å². The van der Waals surface area contributed by atoms with Gasteiger partial charge in [-0.3, -0.25) is 13.9 Å². The predicted molar refractivity (Wildman–Crippen MR) is 80.7 cm³/mol. The number of hydrogen-bond donors (Lipinski definition) is 1. The Morgan fingerprint density at radius 1 is 1.19 bits per heavy atom. The standard InChI is InChI=1S/C14H21N5O2/c1-4-19-13(20)10-12(18(3)14(19)21)16-11(17(10)2)9-5-7-15-8-6-9/h9,15H,4-8H2,1-3H3. The topological polar surface area (TPSA) is 73.8 Å². The summed E-state index contributed by atoms with van der Waals surface area (Å²) in [7, 11) is 3.55. The lowest BCUT2D eigenvalue weighted by molar-refractivity contribution is 0.438. The highest BCUT2D eigenvalue weighted by molar-refractivity contribution is 5.71. The highest BCUT2D eigenvalue weighted by Gasteiger charge is 2.24. The molecule has 0 aliphatic carbocycles. The Kier molecular flexibility index (Phi) is 3.44. The van der Waals surface area contributed by atoms with Crippen LogP contribution in [0.4, 0.5) is 0 Å². The second-order valence-electron chi connectivity index (χ2n) is 5.62. The lowest BCUT2D eigenvalue weighted by Gasteiger charge is -2.21. The first-order chi connectivity index (χ1) is 10.1. The fourth-order valence-corrected chi connectivity index (χ4v) is 3.18. The van der Waals surface area contributed by atoms with Crippen LogP contribution in [-0.4, -0.2) is 31.8 Å². The van der Waals surface area contributed by atoms with Gasteiger partial charge in [-0.05, 0) is 32.9 Å². The molecule has 2 aromatic rings. The quantitative estimate of drug-likeness (QED) is 0.840. The van der Waals surface area contributed by atoms with E-state index in [9.17, 15) is 9.59 Å². The third kappa shape index (κ3) is 2.03. The molecule has 1 aliphatic heterocycles. The van der Waals surface area contributed by atoms with Gasteiger partial charge in [0.25, 0.3) is 5.56 Å². The molecular formula is C14H21N5O2. The van der Waals surface area contributed by atoms with E-state index in [-0.39, 0.29) is 11.2 Å². The van der Waals surface area contributed by atoms with Gasteiger partial charge in [-0.1, -0.05) is 0 Å². The molecule has 21 heavy (non-hydrogen) atoms. The van der Waals surface area contributed by atoms with Crippen LogP contribution in [-0.2, 0) is 20.6 Å². The molecule has 1 aliphatic rings. The smallest absolute Gasteiger partial charge is 0.325 e. The fourth-order valence-electron chi connectivity index (χ4n) is 3.18. The molecule has 1 saturated heterocycles. The van der Waals surface area contributed by atoms with Crippen molar-refractivity contribution in [2.75, 3.05) is 13.1 Å². The zero-order chi connectivity index (χ0) is 15.1. The first kappa shape index (κ1) is 14.1. The van der Waals surface area contributed by atoms with Gasteiger partial charge in [0.15, 0.2) is 11.2 Å². The molecule has 0 amide bonds. The molecule has 0 unspecified atom stereocenters. The van der Waals surface area contributed by atoms with E-state index < -0.39 is 0 Å². The van der Waals surface area contributed by atoms with Crippen molar-refractivity contribution < 1.29 is 0 Å². The summed E-state index contributed by atoms with van der Waals surface area (Å²) in [5.41, 5.74) is 0.467. The van der Waals surface area contributed by atoms with Crippen molar-refractivity contribution in [3.05, 3.63) is 26.7 Å². The van der Waals surface area contributed by atoms with Gasteiger partial charge in [-0.15, -0.1) is 0 Å². The van der Waals surface area contributed by atoms with E-state index in [1.165, 1.54) is 9.13 Å². The van der Waals surface area contributed by atoms with Gasteiger partial charge in [-0.2, -0.15) is 0 Å². The van der Waals surface area contributed by atoms with Gasteiger partial charge in [0.05, 0.1) is 0 Å². The Morgan fingerprint density at radius 3 is 2.48 bits per heavy atom. The fraction of sp³-hybridized carbons (Fsp3) is 0.643. The maximum Gasteiger partial charge on any atom is 0.332 e. The number of fused-ring (bicyclic) bond motifs is 1. The SMILES string of the molecule is CCn1c(=O)c2c(nc(C3CCNCC3)n2C)n(C)c1=O. The van der Waals surface area contributed by atoms with Crippen molar-refractivity contribution in [3.8, 4) is 0 Å². The van der Waals surface area contributed by atoms with E-state index in [2.05, 4.69) is 10.3 Å². The molecule has 3 heterocycles. The largest absolute Gasteiger partial charge is 0.332 e. The van der Waals surface area contributed by atoms with E-state index in [1.807, 2.05) is 11.6 Å². The monoisotopic (exact) mass is 291 g/mol. The van der Waals surface area contributed by atoms with E-state index in [0.29, 0.717) is 23.6 Å². The van der Waals surface area contributed by atoms with Crippen molar-refractivity contribution >= 4 is 11.2 Å². The lowest BCUT2D eigenvalue weighted by atomic mass is 9.97. The van der Waals surface area contributed by atoms with Crippen LogP contribution in [0.5, 0.6) is 0 Å². The van der Waals surface area contributed by atoms with Gasteiger partial charge in [0, 0.05) is 26.6 Å². The molecule has 0 bridgehead atoms. The molecule has 0 saturated carbocycles. The molecule has 7 heteroatoms.